The van der Waals surface area contributed by atoms with E-state index >= 15 is 0 Å². The maximum atomic E-state index is 12.9. The summed E-state index contributed by atoms with van der Waals surface area (Å²) < 4.78 is 27.4. The van der Waals surface area contributed by atoms with Gasteiger partial charge in [0.1, 0.15) is 5.25 Å². The van der Waals surface area contributed by atoms with Crippen LogP contribution in [-0.4, -0.2) is 43.1 Å². The fourth-order valence-electron chi connectivity index (χ4n) is 2.78. The Hall–Kier alpha value is -0.990. The van der Waals surface area contributed by atoms with Gasteiger partial charge in [-0.15, -0.1) is 0 Å². The summed E-state index contributed by atoms with van der Waals surface area (Å²) in [5.74, 6) is 0. The third-order valence-corrected chi connectivity index (χ3v) is 6.34. The summed E-state index contributed by atoms with van der Waals surface area (Å²) in [7, 11) is -3.43. The first-order chi connectivity index (χ1) is 9.96. The van der Waals surface area contributed by atoms with Gasteiger partial charge >= 0.3 is 0 Å². The molecular weight excluding hydrogens is 288 g/mol. The highest BCUT2D eigenvalue weighted by Crippen LogP contribution is 2.21. The Kier molecular flexibility index (Phi) is 5.34. The van der Waals surface area contributed by atoms with Crippen molar-refractivity contribution in [3.05, 3.63) is 35.9 Å². The first kappa shape index (κ1) is 16.4. The van der Waals surface area contributed by atoms with Crippen LogP contribution in [0.5, 0.6) is 0 Å². The van der Waals surface area contributed by atoms with E-state index in [4.69, 9.17) is 5.73 Å². The molecule has 1 fully saturated rings. The average Bonchev–Trinajstić information content (AvgIpc) is 2.79. The number of hydrogen-bond acceptors (Lipinski definition) is 5. The monoisotopic (exact) mass is 312 g/mol. The maximum absolute atomic E-state index is 12.9. The Balaban J connectivity index is 2.24. The molecule has 6 nitrogen and oxygen atoms in total. The summed E-state index contributed by atoms with van der Waals surface area (Å²) in [6.45, 7) is 4.75. The van der Waals surface area contributed by atoms with Crippen molar-refractivity contribution in [3.8, 4) is 0 Å². The Morgan fingerprint density at radius 3 is 2.24 bits per heavy atom. The van der Waals surface area contributed by atoms with E-state index in [1.807, 2.05) is 44.2 Å². The molecule has 2 unspecified atom stereocenters. The zero-order chi connectivity index (χ0) is 15.5. The van der Waals surface area contributed by atoms with Gasteiger partial charge in [-0.2, -0.15) is 4.31 Å². The number of nitrogens with one attached hydrogen (secondary N) is 2. The van der Waals surface area contributed by atoms with Gasteiger partial charge in [-0.3, -0.25) is 10.9 Å². The van der Waals surface area contributed by atoms with Gasteiger partial charge < -0.3 is 5.73 Å². The Labute approximate surface area is 126 Å². The molecule has 0 spiro atoms. The molecule has 1 heterocycles. The second-order valence-corrected chi connectivity index (χ2v) is 7.57. The normalized spacial score (nSPS) is 26.4. The molecule has 1 saturated heterocycles. The first-order valence-electron chi connectivity index (χ1n) is 7.21. The van der Waals surface area contributed by atoms with Gasteiger partial charge in [-0.05, 0) is 19.4 Å². The van der Waals surface area contributed by atoms with Gasteiger partial charge in [0.15, 0.2) is 0 Å². The molecule has 1 aliphatic rings. The van der Waals surface area contributed by atoms with Crippen LogP contribution in [0.2, 0.25) is 0 Å². The lowest BCUT2D eigenvalue weighted by atomic mass is 10.2. The van der Waals surface area contributed by atoms with Crippen LogP contribution in [0, 0.1) is 0 Å². The van der Waals surface area contributed by atoms with Crippen LogP contribution >= 0.6 is 0 Å². The highest BCUT2D eigenvalue weighted by atomic mass is 32.2. The van der Waals surface area contributed by atoms with E-state index < -0.39 is 15.3 Å². The molecule has 1 aromatic carbocycles. The second kappa shape index (κ2) is 6.85. The number of hydrogen-bond donors (Lipinski definition) is 3. The molecule has 7 heteroatoms. The lowest BCUT2D eigenvalue weighted by Crippen LogP contribution is -2.48. The molecule has 118 valence electrons. The molecule has 1 aliphatic heterocycles. The molecule has 0 saturated carbocycles. The highest BCUT2D eigenvalue weighted by molar-refractivity contribution is 7.89. The highest BCUT2D eigenvalue weighted by Gasteiger charge is 2.43. The minimum Gasteiger partial charge on any atom is -0.329 e. The van der Waals surface area contributed by atoms with Crippen LogP contribution < -0.4 is 16.6 Å². The van der Waals surface area contributed by atoms with Crippen molar-refractivity contribution >= 4 is 10.0 Å². The molecule has 2 rings (SSSR count). The largest absolute Gasteiger partial charge is 0.329 e. The van der Waals surface area contributed by atoms with Crippen LogP contribution in [-0.2, 0) is 16.6 Å². The minimum atomic E-state index is -3.43. The number of sulfonamides is 1. The number of benzene rings is 1. The molecule has 2 atom stereocenters. The summed E-state index contributed by atoms with van der Waals surface area (Å²) in [5, 5.41) is -0.493. The molecule has 0 aromatic heterocycles. The molecule has 0 amide bonds. The van der Waals surface area contributed by atoms with Crippen molar-refractivity contribution in [2.45, 2.75) is 37.7 Å². The van der Waals surface area contributed by atoms with E-state index in [0.717, 1.165) is 5.56 Å². The fraction of sp³-hybridized carbons (Fsp3) is 0.571. The number of nitrogens with zero attached hydrogens (tertiary/aromatic N) is 1. The van der Waals surface area contributed by atoms with Crippen molar-refractivity contribution < 1.29 is 8.42 Å². The van der Waals surface area contributed by atoms with Crippen molar-refractivity contribution in [3.63, 3.8) is 0 Å². The predicted octanol–water partition coefficient (Wildman–Crippen LogP) is 0.0305. The molecule has 21 heavy (non-hydrogen) atoms. The van der Waals surface area contributed by atoms with Crippen LogP contribution in [0.4, 0.5) is 0 Å². The lowest BCUT2D eigenvalue weighted by molar-refractivity contribution is 0.400. The average molecular weight is 312 g/mol. The first-order valence-corrected chi connectivity index (χ1v) is 8.71. The van der Waals surface area contributed by atoms with Gasteiger partial charge in [0.2, 0.25) is 10.0 Å². The van der Waals surface area contributed by atoms with Gasteiger partial charge in [-0.25, -0.2) is 8.42 Å². The van der Waals surface area contributed by atoms with E-state index in [0.29, 0.717) is 19.6 Å². The number of rotatable bonds is 6. The van der Waals surface area contributed by atoms with E-state index in [-0.39, 0.29) is 12.1 Å². The fourth-order valence-corrected chi connectivity index (χ4v) is 4.98. The van der Waals surface area contributed by atoms with Gasteiger partial charge in [-0.1, -0.05) is 30.3 Å². The van der Waals surface area contributed by atoms with E-state index in [9.17, 15) is 8.42 Å². The Bertz CT molecular complexity index is 539. The molecule has 0 bridgehead atoms. The second-order valence-electron chi connectivity index (χ2n) is 5.48. The van der Waals surface area contributed by atoms with Crippen molar-refractivity contribution in [2.75, 3.05) is 13.1 Å². The Morgan fingerprint density at radius 2 is 1.71 bits per heavy atom. The Morgan fingerprint density at radius 1 is 1.14 bits per heavy atom. The van der Waals surface area contributed by atoms with Crippen LogP contribution in [0.15, 0.2) is 30.3 Å². The van der Waals surface area contributed by atoms with E-state index in [1.165, 1.54) is 4.31 Å². The molecule has 1 aromatic rings. The molecule has 0 radical (unpaired) electrons. The minimum absolute atomic E-state index is 0.138. The van der Waals surface area contributed by atoms with Gasteiger partial charge in [0, 0.05) is 31.7 Å². The predicted molar refractivity (Wildman–Crippen MR) is 83.8 cm³/mol. The van der Waals surface area contributed by atoms with Crippen LogP contribution in [0.3, 0.4) is 0 Å². The number of nitrogens with two attached hydrogens (primary N) is 1. The third kappa shape index (κ3) is 3.61. The lowest BCUT2D eigenvalue weighted by Gasteiger charge is -2.28. The summed E-state index contributed by atoms with van der Waals surface area (Å²) in [6, 6.07) is 9.31. The summed E-state index contributed by atoms with van der Waals surface area (Å²) in [6.07, 6.45) is 0. The van der Waals surface area contributed by atoms with E-state index in [2.05, 4.69) is 10.9 Å². The summed E-state index contributed by atoms with van der Waals surface area (Å²) in [5.41, 5.74) is 12.6. The third-order valence-electron chi connectivity index (χ3n) is 3.81. The quantitative estimate of drug-likeness (QED) is 0.690. The van der Waals surface area contributed by atoms with Crippen LogP contribution in [0.1, 0.15) is 19.4 Å². The smallest absolute Gasteiger partial charge is 0.220 e. The SMILES string of the molecule is CC1NNC(C)C1S(=O)(=O)N(CCN)Cc1ccccc1. The van der Waals surface area contributed by atoms with Gasteiger partial charge in [0.05, 0.1) is 0 Å². The maximum Gasteiger partial charge on any atom is 0.220 e. The summed E-state index contributed by atoms with van der Waals surface area (Å²) >= 11 is 0. The molecule has 0 aliphatic carbocycles. The molecule has 4 N–H and O–H groups in total. The zero-order valence-corrected chi connectivity index (χ0v) is 13.3. The van der Waals surface area contributed by atoms with Gasteiger partial charge in [0.25, 0.3) is 0 Å². The molecular formula is C14H24N4O2S. The van der Waals surface area contributed by atoms with Crippen molar-refractivity contribution in [2.24, 2.45) is 5.73 Å². The standard InChI is InChI=1S/C14H24N4O2S/c1-11-14(12(2)17-16-11)21(19,20)18(9-8-15)10-13-6-4-3-5-7-13/h3-7,11-12,14,16-17H,8-10,15H2,1-2H3. The summed E-state index contributed by atoms with van der Waals surface area (Å²) in [4.78, 5) is 0. The zero-order valence-electron chi connectivity index (χ0n) is 12.5. The van der Waals surface area contributed by atoms with Crippen LogP contribution in [0.25, 0.3) is 0 Å². The topological polar surface area (TPSA) is 87.5 Å². The van der Waals surface area contributed by atoms with Crippen molar-refractivity contribution in [1.29, 1.82) is 0 Å². The van der Waals surface area contributed by atoms with E-state index in [1.54, 1.807) is 0 Å². The number of hydrazine groups is 1. The van der Waals surface area contributed by atoms with Crippen molar-refractivity contribution in [1.82, 2.24) is 15.2 Å².